The van der Waals surface area contributed by atoms with E-state index >= 15 is 0 Å². The van der Waals surface area contributed by atoms with Crippen molar-refractivity contribution in [1.82, 2.24) is 9.55 Å². The largest absolute Gasteiger partial charge is 0.457 e. The van der Waals surface area contributed by atoms with Gasteiger partial charge < -0.3 is 19.3 Å². The third-order valence-electron chi connectivity index (χ3n) is 16.6. The van der Waals surface area contributed by atoms with Crippen molar-refractivity contribution in [3.8, 4) is 73.3 Å². The van der Waals surface area contributed by atoms with Crippen LogP contribution < -0.4 is 19.3 Å². The molecule has 0 amide bonds. The summed E-state index contributed by atoms with van der Waals surface area (Å²) in [5, 5.41) is 2.26. The first-order chi connectivity index (χ1) is 39.2. The number of nitrogens with zero attached hydrogens (tertiary/aromatic N) is 4. The van der Waals surface area contributed by atoms with Crippen LogP contribution in [0.5, 0.6) is 23.0 Å². The zero-order valence-electron chi connectivity index (χ0n) is 43.8. The summed E-state index contributed by atoms with van der Waals surface area (Å²) in [7, 11) is 0. The van der Waals surface area contributed by atoms with Crippen LogP contribution in [0.1, 0.15) is 48.3 Å². The molecule has 0 saturated carbocycles. The van der Waals surface area contributed by atoms with Gasteiger partial charge >= 0.3 is 0 Å². The van der Waals surface area contributed by atoms with E-state index in [2.05, 4.69) is 245 Å². The molecule has 380 valence electrons. The first-order valence-corrected chi connectivity index (χ1v) is 27.9. The average molecular weight is 1020 g/mol. The molecule has 6 heteroatoms. The standard InChI is InChI=1S/C73H56N4O2/c1-5-21-49(22-6-1)58-34-20-35-59(50-23-7-2-8-24-50)72(58)76-48-75(65-39-15-16-40-66(65)76)54-31-19-32-55(45-54)78-56-41-42-61-60-33-13-14-38-64(60)77(67(61)46-56)68-47-57(43-44-74-68)79-73-70(52-25-9-3-10-26-52)62-36-17-29-51-30-18-37-63(69(51)62)71(73)53-27-11-4-12-28-53/h1-16,19-28,31-35,38-47,51H,17-18,29-30,36-37,48H2. The second-order valence-corrected chi connectivity index (χ2v) is 21.2. The van der Waals surface area contributed by atoms with Crippen molar-refractivity contribution in [2.45, 2.75) is 44.4 Å². The number of anilines is 4. The van der Waals surface area contributed by atoms with Gasteiger partial charge in [0.15, 0.2) is 0 Å². The maximum absolute atomic E-state index is 7.46. The van der Waals surface area contributed by atoms with Crippen molar-refractivity contribution < 1.29 is 9.47 Å². The highest BCUT2D eigenvalue weighted by Gasteiger charge is 2.35. The van der Waals surface area contributed by atoms with Gasteiger partial charge in [-0.05, 0) is 132 Å². The number of hydrogen-bond acceptors (Lipinski definition) is 5. The van der Waals surface area contributed by atoms with Gasteiger partial charge in [-0.15, -0.1) is 0 Å². The second-order valence-electron chi connectivity index (χ2n) is 21.2. The van der Waals surface area contributed by atoms with E-state index in [9.17, 15) is 0 Å². The molecular formula is C73H56N4O2. The molecule has 0 bridgehead atoms. The summed E-state index contributed by atoms with van der Waals surface area (Å²) in [6.45, 7) is 0.615. The molecule has 79 heavy (non-hydrogen) atoms. The normalized spacial score (nSPS) is 13.9. The zero-order chi connectivity index (χ0) is 52.2. The van der Waals surface area contributed by atoms with Crippen LogP contribution in [0.4, 0.5) is 22.7 Å². The lowest BCUT2D eigenvalue weighted by Gasteiger charge is -2.36. The molecule has 0 radical (unpaired) electrons. The molecule has 15 rings (SSSR count). The number of ether oxygens (including phenoxy) is 2. The summed E-state index contributed by atoms with van der Waals surface area (Å²) in [6, 6.07) is 86.3. The summed E-state index contributed by atoms with van der Waals surface area (Å²) >= 11 is 0. The van der Waals surface area contributed by atoms with Crippen LogP contribution in [0, 0.1) is 0 Å². The van der Waals surface area contributed by atoms with Gasteiger partial charge in [0.2, 0.25) is 0 Å². The summed E-state index contributed by atoms with van der Waals surface area (Å²) in [4.78, 5) is 9.96. The number of pyridine rings is 1. The van der Waals surface area contributed by atoms with Crippen LogP contribution in [0.15, 0.2) is 249 Å². The first kappa shape index (κ1) is 46.6. The predicted molar refractivity (Wildman–Crippen MR) is 324 cm³/mol. The minimum Gasteiger partial charge on any atom is -0.457 e. The number of benzene rings is 10. The molecule has 0 spiro atoms. The number of aromatic nitrogens is 2. The van der Waals surface area contributed by atoms with E-state index in [1.54, 1.807) is 5.56 Å². The van der Waals surface area contributed by atoms with Crippen molar-refractivity contribution >= 4 is 44.6 Å². The lowest BCUT2D eigenvalue weighted by molar-refractivity contribution is 0.461. The molecule has 2 aliphatic carbocycles. The van der Waals surface area contributed by atoms with Gasteiger partial charge in [0, 0.05) is 63.1 Å². The SMILES string of the molecule is c1ccc(-c2cccc(-c3ccccc3)c2N2CN(c3cccc(Oc4ccc5c6ccccc6n(-c6cc(Oc7c(-c8ccccc8)c8c9c(c7-c7ccccc7)CCCC9CCC8)ccn6)c5c4)c3)c3ccccc32)cc1. The lowest BCUT2D eigenvalue weighted by Crippen LogP contribution is -2.24. The summed E-state index contributed by atoms with van der Waals surface area (Å²) < 4.78 is 16.6. The van der Waals surface area contributed by atoms with Crippen molar-refractivity contribution in [1.29, 1.82) is 0 Å². The van der Waals surface area contributed by atoms with Gasteiger partial charge in [0.25, 0.3) is 0 Å². The minimum absolute atomic E-state index is 0.587. The van der Waals surface area contributed by atoms with Gasteiger partial charge in [0.1, 0.15) is 35.5 Å². The molecule has 6 nitrogen and oxygen atoms in total. The molecule has 12 aromatic rings. The summed E-state index contributed by atoms with van der Waals surface area (Å²) in [5.74, 6) is 4.51. The fourth-order valence-corrected chi connectivity index (χ4v) is 13.2. The molecule has 0 fully saturated rings. The van der Waals surface area contributed by atoms with Crippen LogP contribution >= 0.6 is 0 Å². The average Bonchev–Trinajstić information content (AvgIpc) is 4.28. The molecule has 0 saturated heterocycles. The number of rotatable bonds is 11. The van der Waals surface area contributed by atoms with E-state index < -0.39 is 0 Å². The maximum Gasteiger partial charge on any atom is 0.143 e. The molecule has 2 aromatic heterocycles. The van der Waals surface area contributed by atoms with Crippen LogP contribution in [0.3, 0.4) is 0 Å². The Kier molecular flexibility index (Phi) is 11.6. The smallest absolute Gasteiger partial charge is 0.143 e. The Hall–Kier alpha value is -9.65. The summed E-state index contributed by atoms with van der Waals surface area (Å²) in [6.07, 6.45) is 8.89. The molecular weight excluding hydrogens is 965 g/mol. The van der Waals surface area contributed by atoms with Crippen molar-refractivity contribution in [2.75, 3.05) is 16.5 Å². The van der Waals surface area contributed by atoms with E-state index in [-0.39, 0.29) is 0 Å². The highest BCUT2D eigenvalue weighted by atomic mass is 16.5. The summed E-state index contributed by atoms with van der Waals surface area (Å²) in [5.41, 5.74) is 20.6. The Balaban J connectivity index is 0.798. The van der Waals surface area contributed by atoms with E-state index in [1.165, 1.54) is 87.0 Å². The lowest BCUT2D eigenvalue weighted by atomic mass is 9.69. The Bertz CT molecular complexity index is 4120. The molecule has 0 unspecified atom stereocenters. The monoisotopic (exact) mass is 1020 g/mol. The fraction of sp³-hybridized carbons (Fsp3) is 0.110. The maximum atomic E-state index is 7.46. The van der Waals surface area contributed by atoms with Crippen molar-refractivity contribution in [3.05, 3.63) is 266 Å². The molecule has 10 aromatic carbocycles. The third-order valence-corrected chi connectivity index (χ3v) is 16.6. The van der Waals surface area contributed by atoms with E-state index in [0.29, 0.717) is 12.6 Å². The zero-order valence-corrected chi connectivity index (χ0v) is 43.8. The van der Waals surface area contributed by atoms with Crippen LogP contribution in [-0.4, -0.2) is 16.2 Å². The van der Waals surface area contributed by atoms with Crippen molar-refractivity contribution in [3.63, 3.8) is 0 Å². The van der Waals surface area contributed by atoms with Gasteiger partial charge in [-0.2, -0.15) is 0 Å². The molecule has 3 aliphatic rings. The number of fused-ring (bicyclic) bond motifs is 4. The Morgan fingerprint density at radius 3 is 1.62 bits per heavy atom. The highest BCUT2D eigenvalue weighted by molar-refractivity contribution is 6.09. The van der Waals surface area contributed by atoms with E-state index in [0.717, 1.165) is 80.5 Å². The first-order valence-electron chi connectivity index (χ1n) is 27.9. The molecule has 0 N–H and O–H groups in total. The second kappa shape index (κ2) is 19.7. The molecule has 1 aliphatic heterocycles. The Morgan fingerprint density at radius 2 is 0.962 bits per heavy atom. The van der Waals surface area contributed by atoms with Crippen molar-refractivity contribution in [2.24, 2.45) is 0 Å². The minimum atomic E-state index is 0.587. The quantitative estimate of drug-likeness (QED) is 0.129. The van der Waals surface area contributed by atoms with Crippen LogP contribution in [-0.2, 0) is 12.8 Å². The topological polar surface area (TPSA) is 42.8 Å². The van der Waals surface area contributed by atoms with Gasteiger partial charge in [-0.25, -0.2) is 4.98 Å². The van der Waals surface area contributed by atoms with E-state index in [4.69, 9.17) is 14.5 Å². The predicted octanol–water partition coefficient (Wildman–Crippen LogP) is 19.4. The fourth-order valence-electron chi connectivity index (χ4n) is 13.2. The molecule has 3 heterocycles. The van der Waals surface area contributed by atoms with Gasteiger partial charge in [-0.3, -0.25) is 4.57 Å². The van der Waals surface area contributed by atoms with Gasteiger partial charge in [-0.1, -0.05) is 176 Å². The van der Waals surface area contributed by atoms with Crippen LogP contribution in [0.2, 0.25) is 0 Å². The van der Waals surface area contributed by atoms with E-state index in [1.807, 2.05) is 18.3 Å². The highest BCUT2D eigenvalue weighted by Crippen LogP contribution is 2.55. The third kappa shape index (κ3) is 8.22. The molecule has 0 atom stereocenters. The van der Waals surface area contributed by atoms with Crippen LogP contribution in [0.25, 0.3) is 72.1 Å². The Morgan fingerprint density at radius 1 is 0.418 bits per heavy atom. The van der Waals surface area contributed by atoms with Gasteiger partial charge in [0.05, 0.1) is 28.1 Å². The Labute approximate surface area is 461 Å². The number of hydrogen-bond donors (Lipinski definition) is 0. The number of para-hydroxylation sites is 4.